The first kappa shape index (κ1) is 10.1. The van der Waals surface area contributed by atoms with Crippen molar-refractivity contribution in [3.8, 4) is 0 Å². The fourth-order valence-electron chi connectivity index (χ4n) is 1.09. The largest absolute Gasteiger partial charge is 0.390 e. The van der Waals surface area contributed by atoms with Crippen LogP contribution in [0.5, 0.6) is 0 Å². The lowest BCUT2D eigenvalue weighted by molar-refractivity contribution is 0.271. The zero-order chi connectivity index (χ0) is 10.7. The molecule has 0 aliphatic carbocycles. The minimum Gasteiger partial charge on any atom is -0.390 e. The van der Waals surface area contributed by atoms with Gasteiger partial charge in [0.05, 0.1) is 18.5 Å². The molecular weight excluding hydrogens is 212 g/mol. The molecule has 78 valence electrons. The second kappa shape index (κ2) is 4.41. The van der Waals surface area contributed by atoms with Crippen molar-refractivity contribution in [2.45, 2.75) is 16.9 Å². The summed E-state index contributed by atoms with van der Waals surface area (Å²) in [6.07, 6.45) is 5.02. The molecule has 15 heavy (non-hydrogen) atoms. The van der Waals surface area contributed by atoms with Gasteiger partial charge in [-0.3, -0.25) is 0 Å². The fourth-order valence-corrected chi connectivity index (χ4v) is 1.84. The summed E-state index contributed by atoms with van der Waals surface area (Å²) in [4.78, 5) is 12.3. The van der Waals surface area contributed by atoms with Crippen molar-refractivity contribution < 1.29 is 5.11 Å². The van der Waals surface area contributed by atoms with Gasteiger partial charge in [0.25, 0.3) is 0 Å². The van der Waals surface area contributed by atoms with Crippen LogP contribution in [-0.4, -0.2) is 24.6 Å². The summed E-state index contributed by atoms with van der Waals surface area (Å²) in [7, 11) is 1.85. The van der Waals surface area contributed by atoms with Crippen molar-refractivity contribution in [2.24, 2.45) is 7.05 Å². The fraction of sp³-hybridized carbons (Fsp3) is 0.222. The minimum atomic E-state index is -0.0142. The van der Waals surface area contributed by atoms with E-state index in [9.17, 15) is 0 Å². The van der Waals surface area contributed by atoms with Gasteiger partial charge in [-0.2, -0.15) is 0 Å². The summed E-state index contributed by atoms with van der Waals surface area (Å²) in [6, 6.07) is 1.77. The monoisotopic (exact) mass is 222 g/mol. The van der Waals surface area contributed by atoms with Gasteiger partial charge in [0, 0.05) is 19.4 Å². The van der Waals surface area contributed by atoms with E-state index in [1.807, 2.05) is 11.6 Å². The molecule has 0 saturated carbocycles. The van der Waals surface area contributed by atoms with Crippen LogP contribution in [0.1, 0.15) is 5.69 Å². The van der Waals surface area contributed by atoms with E-state index >= 15 is 0 Å². The summed E-state index contributed by atoms with van der Waals surface area (Å²) < 4.78 is 1.82. The highest BCUT2D eigenvalue weighted by molar-refractivity contribution is 7.99. The van der Waals surface area contributed by atoms with Crippen LogP contribution in [0.4, 0.5) is 0 Å². The number of aromatic nitrogens is 4. The lowest BCUT2D eigenvalue weighted by Crippen LogP contribution is -1.97. The highest BCUT2D eigenvalue weighted by Crippen LogP contribution is 2.22. The van der Waals surface area contributed by atoms with Crippen LogP contribution in [0.3, 0.4) is 0 Å². The van der Waals surface area contributed by atoms with Gasteiger partial charge < -0.3 is 9.67 Å². The molecule has 2 aromatic rings. The van der Waals surface area contributed by atoms with E-state index < -0.39 is 0 Å². The zero-order valence-corrected chi connectivity index (χ0v) is 8.98. The van der Waals surface area contributed by atoms with Crippen LogP contribution in [0.25, 0.3) is 0 Å². The Kier molecular flexibility index (Phi) is 2.98. The molecule has 0 fully saturated rings. The standard InChI is InChI=1S/C9H10N4OS/c1-13-7(6-14)5-12-9(13)15-8-10-3-2-4-11-8/h2-5,14H,6H2,1H3. The number of hydrogen-bond donors (Lipinski definition) is 1. The van der Waals surface area contributed by atoms with Crippen LogP contribution >= 0.6 is 11.8 Å². The van der Waals surface area contributed by atoms with E-state index in [-0.39, 0.29) is 6.61 Å². The van der Waals surface area contributed by atoms with Crippen molar-refractivity contribution in [3.05, 3.63) is 30.4 Å². The van der Waals surface area contributed by atoms with E-state index in [1.54, 1.807) is 24.7 Å². The van der Waals surface area contributed by atoms with Crippen LogP contribution in [0, 0.1) is 0 Å². The molecule has 1 N–H and O–H groups in total. The van der Waals surface area contributed by atoms with Gasteiger partial charge in [0.1, 0.15) is 0 Å². The summed E-state index contributed by atoms with van der Waals surface area (Å²) in [5.41, 5.74) is 0.772. The lowest BCUT2D eigenvalue weighted by Gasteiger charge is -2.01. The smallest absolute Gasteiger partial charge is 0.195 e. The average Bonchev–Trinajstić information content (AvgIpc) is 2.62. The molecular formula is C9H10N4OS. The third-order valence-corrected chi connectivity index (χ3v) is 2.88. The molecule has 0 bridgehead atoms. The number of aliphatic hydroxyl groups excluding tert-OH is 1. The first-order valence-corrected chi connectivity index (χ1v) is 5.19. The van der Waals surface area contributed by atoms with Crippen molar-refractivity contribution in [2.75, 3.05) is 0 Å². The van der Waals surface area contributed by atoms with E-state index in [4.69, 9.17) is 5.11 Å². The Balaban J connectivity index is 2.21. The van der Waals surface area contributed by atoms with Crippen molar-refractivity contribution in [1.82, 2.24) is 19.5 Å². The van der Waals surface area contributed by atoms with Gasteiger partial charge in [-0.1, -0.05) is 0 Å². The van der Waals surface area contributed by atoms with Crippen LogP contribution in [-0.2, 0) is 13.7 Å². The maximum Gasteiger partial charge on any atom is 0.195 e. The van der Waals surface area contributed by atoms with Gasteiger partial charge >= 0.3 is 0 Å². The Morgan fingerprint density at radius 2 is 2.07 bits per heavy atom. The zero-order valence-electron chi connectivity index (χ0n) is 8.16. The molecule has 2 heterocycles. The minimum absolute atomic E-state index is 0.0142. The predicted octanol–water partition coefficient (Wildman–Crippen LogP) is 0.854. The van der Waals surface area contributed by atoms with Gasteiger partial charge in [0.2, 0.25) is 0 Å². The molecule has 5 nitrogen and oxygen atoms in total. The van der Waals surface area contributed by atoms with E-state index in [0.717, 1.165) is 10.9 Å². The topological polar surface area (TPSA) is 63.8 Å². The van der Waals surface area contributed by atoms with E-state index in [2.05, 4.69) is 15.0 Å². The predicted molar refractivity (Wildman–Crippen MR) is 55.3 cm³/mol. The quantitative estimate of drug-likeness (QED) is 0.780. The Hall–Kier alpha value is -1.40. The maximum absolute atomic E-state index is 9.00. The molecule has 0 saturated heterocycles. The molecule has 0 aliphatic rings. The van der Waals surface area contributed by atoms with Crippen LogP contribution < -0.4 is 0 Å². The average molecular weight is 222 g/mol. The molecule has 0 aliphatic heterocycles. The van der Waals surface area contributed by atoms with Crippen molar-refractivity contribution in [1.29, 1.82) is 0 Å². The first-order chi connectivity index (χ1) is 7.31. The number of hydrogen-bond acceptors (Lipinski definition) is 5. The van der Waals surface area contributed by atoms with E-state index in [0.29, 0.717) is 5.16 Å². The number of imidazole rings is 1. The Morgan fingerprint density at radius 1 is 1.33 bits per heavy atom. The summed E-state index contributed by atoms with van der Waals surface area (Å²) in [6.45, 7) is -0.0142. The Morgan fingerprint density at radius 3 is 2.67 bits per heavy atom. The lowest BCUT2D eigenvalue weighted by atomic mass is 10.5. The van der Waals surface area contributed by atoms with Gasteiger partial charge in [-0.25, -0.2) is 15.0 Å². The number of aliphatic hydroxyl groups is 1. The molecule has 0 unspecified atom stereocenters. The normalized spacial score (nSPS) is 10.5. The summed E-state index contributed by atoms with van der Waals surface area (Å²) in [5, 5.41) is 10.4. The van der Waals surface area contributed by atoms with Crippen LogP contribution in [0.2, 0.25) is 0 Å². The van der Waals surface area contributed by atoms with Gasteiger partial charge in [-0.15, -0.1) is 0 Å². The molecule has 0 spiro atoms. The van der Waals surface area contributed by atoms with Gasteiger partial charge in [-0.05, 0) is 17.8 Å². The molecule has 0 aromatic carbocycles. The summed E-state index contributed by atoms with van der Waals surface area (Å²) >= 11 is 1.37. The highest BCUT2D eigenvalue weighted by atomic mass is 32.2. The second-order valence-corrected chi connectivity index (χ2v) is 3.82. The van der Waals surface area contributed by atoms with Crippen LogP contribution in [0.15, 0.2) is 35.0 Å². The van der Waals surface area contributed by atoms with Crippen molar-refractivity contribution >= 4 is 11.8 Å². The molecule has 6 heteroatoms. The maximum atomic E-state index is 9.00. The SMILES string of the molecule is Cn1c(CO)cnc1Sc1ncccn1. The number of rotatable bonds is 3. The first-order valence-electron chi connectivity index (χ1n) is 4.37. The third-order valence-electron chi connectivity index (χ3n) is 1.93. The van der Waals surface area contributed by atoms with E-state index in [1.165, 1.54) is 11.8 Å². The third kappa shape index (κ3) is 2.16. The Bertz CT molecular complexity index is 443. The molecule has 0 radical (unpaired) electrons. The Labute approximate surface area is 91.2 Å². The van der Waals surface area contributed by atoms with Crippen molar-refractivity contribution in [3.63, 3.8) is 0 Å². The molecule has 2 rings (SSSR count). The molecule has 0 amide bonds. The second-order valence-electron chi connectivity index (χ2n) is 2.88. The molecule has 0 atom stereocenters. The number of nitrogens with zero attached hydrogens (tertiary/aromatic N) is 4. The molecule has 2 aromatic heterocycles. The van der Waals surface area contributed by atoms with Gasteiger partial charge in [0.15, 0.2) is 10.3 Å². The highest BCUT2D eigenvalue weighted by Gasteiger charge is 2.08. The summed E-state index contributed by atoms with van der Waals surface area (Å²) in [5.74, 6) is 0.